The van der Waals surface area contributed by atoms with Crippen LogP contribution in [0.25, 0.3) is 0 Å². The number of hydrogen-bond donors (Lipinski definition) is 0. The minimum absolute atomic E-state index is 0.0253. The molecule has 33 heavy (non-hydrogen) atoms. The second kappa shape index (κ2) is 10.8. The van der Waals surface area contributed by atoms with Crippen molar-refractivity contribution in [3.63, 3.8) is 0 Å². The van der Waals surface area contributed by atoms with Crippen molar-refractivity contribution in [2.45, 2.75) is 51.4 Å². The van der Waals surface area contributed by atoms with Gasteiger partial charge in [0.1, 0.15) is 18.8 Å². The van der Waals surface area contributed by atoms with Crippen LogP contribution in [-0.4, -0.2) is 33.7 Å². The van der Waals surface area contributed by atoms with E-state index >= 15 is 0 Å². The topological polar surface area (TPSA) is 36.9 Å². The molecule has 1 saturated heterocycles. The molecule has 1 fully saturated rings. The van der Waals surface area contributed by atoms with Gasteiger partial charge in [-0.15, -0.1) is 0 Å². The van der Waals surface area contributed by atoms with Gasteiger partial charge in [-0.1, -0.05) is 113 Å². The molecule has 2 aliphatic rings. The van der Waals surface area contributed by atoms with Crippen molar-refractivity contribution in [3.05, 3.63) is 85.0 Å². The molecule has 0 aliphatic carbocycles. The van der Waals surface area contributed by atoms with Crippen LogP contribution in [-0.2, 0) is 18.0 Å². The number of rotatable bonds is 7. The Hall–Kier alpha value is -1.59. The monoisotopic (exact) mass is 483 g/mol. The summed E-state index contributed by atoms with van der Waals surface area (Å²) in [5.74, 6) is 0.259. The molecular formula is C27H36O4PSi+. The second-order valence-corrected chi connectivity index (χ2v) is 15.4. The second-order valence-electron chi connectivity index (χ2n) is 9.80. The van der Waals surface area contributed by atoms with E-state index in [1.807, 2.05) is 6.08 Å². The van der Waals surface area contributed by atoms with E-state index in [2.05, 4.69) is 107 Å². The van der Waals surface area contributed by atoms with E-state index in [0.29, 0.717) is 13.2 Å². The molecule has 1 unspecified atom stereocenters. The lowest BCUT2D eigenvalue weighted by Gasteiger charge is -2.42. The van der Waals surface area contributed by atoms with Crippen molar-refractivity contribution in [1.82, 2.24) is 0 Å². The van der Waals surface area contributed by atoms with Crippen LogP contribution in [0.4, 0.5) is 0 Å². The molecular weight excluding hydrogens is 447 g/mol. The molecule has 0 N–H and O–H groups in total. The predicted molar refractivity (Wildman–Crippen MR) is 140 cm³/mol. The van der Waals surface area contributed by atoms with Gasteiger partial charge in [0.25, 0.3) is 8.32 Å². The Morgan fingerprint density at radius 2 is 1.67 bits per heavy atom. The van der Waals surface area contributed by atoms with Gasteiger partial charge in [0, 0.05) is 12.3 Å². The van der Waals surface area contributed by atoms with Gasteiger partial charge in [-0.25, -0.2) is 0 Å². The number of fused-ring (bicyclic) bond motifs is 2. The molecule has 0 aromatic heterocycles. The zero-order valence-electron chi connectivity index (χ0n) is 20.1. The molecule has 2 aliphatic heterocycles. The summed E-state index contributed by atoms with van der Waals surface area (Å²) < 4.78 is 24.6. The predicted octanol–water partition coefficient (Wildman–Crippen LogP) is 5.48. The van der Waals surface area contributed by atoms with E-state index < -0.39 is 16.9 Å². The van der Waals surface area contributed by atoms with Crippen LogP contribution in [0, 0.1) is 5.92 Å². The summed E-state index contributed by atoms with van der Waals surface area (Å²) in [5, 5.41) is 2.58. The number of hydrogen-bond acceptors (Lipinski definition) is 4. The van der Waals surface area contributed by atoms with Gasteiger partial charge in [0.2, 0.25) is 0 Å². The highest BCUT2D eigenvalue weighted by molar-refractivity contribution is 7.41. The van der Waals surface area contributed by atoms with Crippen LogP contribution in [0.1, 0.15) is 34.1 Å². The van der Waals surface area contributed by atoms with Crippen LogP contribution in [0.3, 0.4) is 0 Å². The van der Waals surface area contributed by atoms with Crippen molar-refractivity contribution < 1.29 is 18.0 Å². The van der Waals surface area contributed by atoms with E-state index in [1.165, 1.54) is 10.4 Å². The van der Waals surface area contributed by atoms with Crippen molar-refractivity contribution in [2.24, 2.45) is 5.92 Å². The molecule has 2 aromatic rings. The molecule has 4 nitrogen and oxygen atoms in total. The Bertz CT molecular complexity index is 902. The molecule has 0 radical (unpaired) electrons. The molecule has 2 bridgehead atoms. The lowest BCUT2D eigenvalue weighted by Crippen LogP contribution is -2.66. The lowest BCUT2D eigenvalue weighted by atomic mass is 9.98. The molecule has 2 heterocycles. The van der Waals surface area contributed by atoms with Gasteiger partial charge in [-0.3, -0.25) is 0 Å². The van der Waals surface area contributed by atoms with E-state index in [9.17, 15) is 0 Å². The highest BCUT2D eigenvalue weighted by Gasteiger charge is 2.50. The molecule has 4 rings (SSSR count). The van der Waals surface area contributed by atoms with E-state index in [4.69, 9.17) is 18.0 Å². The van der Waals surface area contributed by atoms with Crippen LogP contribution in [0.2, 0.25) is 5.04 Å². The Labute approximate surface area is 200 Å². The fourth-order valence-corrected chi connectivity index (χ4v) is 10.7. The van der Waals surface area contributed by atoms with Crippen LogP contribution >= 0.6 is 8.60 Å². The fourth-order valence-electron chi connectivity index (χ4n) is 4.76. The maximum atomic E-state index is 6.96. The van der Waals surface area contributed by atoms with Gasteiger partial charge in [0.05, 0.1) is 6.61 Å². The number of benzene rings is 2. The fraction of sp³-hybridized carbons (Fsp3) is 0.407. The summed E-state index contributed by atoms with van der Waals surface area (Å²) in [6, 6.07) is 21.5. The van der Waals surface area contributed by atoms with Crippen LogP contribution in [0.15, 0.2) is 85.0 Å². The van der Waals surface area contributed by atoms with Crippen molar-refractivity contribution in [3.8, 4) is 0 Å². The summed E-state index contributed by atoms with van der Waals surface area (Å²) in [7, 11) is -4.15. The normalized spacial score (nSPS) is 24.5. The molecule has 4 atom stereocenters. The molecule has 176 valence electrons. The molecule has 2 aromatic carbocycles. The summed E-state index contributed by atoms with van der Waals surface area (Å²) in [6.07, 6.45) is 9.60. The third kappa shape index (κ3) is 5.56. The van der Waals surface area contributed by atoms with E-state index in [1.54, 1.807) is 0 Å². The van der Waals surface area contributed by atoms with Gasteiger partial charge >= 0.3 is 8.60 Å². The Kier molecular flexibility index (Phi) is 8.01. The quantitative estimate of drug-likeness (QED) is 0.297. The minimum atomic E-state index is -2.51. The molecule has 6 heteroatoms. The Morgan fingerprint density at radius 3 is 2.27 bits per heavy atom. The van der Waals surface area contributed by atoms with Gasteiger partial charge < -0.3 is 4.43 Å². The van der Waals surface area contributed by atoms with Crippen molar-refractivity contribution in [1.29, 1.82) is 0 Å². The first-order valence-corrected chi connectivity index (χ1v) is 14.9. The van der Waals surface area contributed by atoms with Gasteiger partial charge in [-0.2, -0.15) is 13.6 Å². The molecule has 0 amide bonds. The van der Waals surface area contributed by atoms with Gasteiger partial charge in [0.15, 0.2) is 0 Å². The zero-order valence-corrected chi connectivity index (χ0v) is 22.1. The maximum Gasteiger partial charge on any atom is 0.399 e. The first-order chi connectivity index (χ1) is 15.9. The Balaban J connectivity index is 1.52. The van der Waals surface area contributed by atoms with Crippen LogP contribution < -0.4 is 10.4 Å². The van der Waals surface area contributed by atoms with E-state index in [-0.39, 0.29) is 23.2 Å². The SMILES string of the molecule is C[C@H](/C=C/CO[Si](c1ccccc1)(c1ccccc1)C(C)(C)C)[C@H]1C[C@@H]2C=CCO[PH+](O2)O1. The first kappa shape index (κ1) is 24.5. The molecule has 0 saturated carbocycles. The summed E-state index contributed by atoms with van der Waals surface area (Å²) in [4.78, 5) is 0. The van der Waals surface area contributed by atoms with Crippen molar-refractivity contribution in [2.75, 3.05) is 13.2 Å². The van der Waals surface area contributed by atoms with Gasteiger partial charge in [-0.05, 0) is 15.4 Å². The highest BCUT2D eigenvalue weighted by Crippen LogP contribution is 2.50. The third-order valence-electron chi connectivity index (χ3n) is 6.45. The smallest absolute Gasteiger partial charge is 0.399 e. The Morgan fingerprint density at radius 1 is 1.03 bits per heavy atom. The van der Waals surface area contributed by atoms with E-state index in [0.717, 1.165) is 6.42 Å². The third-order valence-corrected chi connectivity index (χ3v) is 12.8. The highest BCUT2D eigenvalue weighted by atomic mass is 31.2. The zero-order chi connectivity index (χ0) is 23.3. The average molecular weight is 484 g/mol. The standard InChI is InChI=1S/C27H36O4PSi/c1-22(26-21-23-14-12-19-28-32(30-23)31-26)13-11-20-29-33(27(2,3)4,24-15-7-5-8-16-24)25-17-9-6-10-18-25/h5-18,22-23,26,32H,19-21H2,1-4H3/q+1/b13-11+/t22-,23+,26-/m1/s1. The maximum absolute atomic E-state index is 6.96. The summed E-state index contributed by atoms with van der Waals surface area (Å²) in [5.41, 5.74) is 0. The summed E-state index contributed by atoms with van der Waals surface area (Å²) >= 11 is 0. The summed E-state index contributed by atoms with van der Waals surface area (Å²) in [6.45, 7) is 10.3. The van der Waals surface area contributed by atoms with Crippen LogP contribution in [0.5, 0.6) is 0 Å². The minimum Gasteiger partial charge on any atom is -0.404 e. The first-order valence-electron chi connectivity index (χ1n) is 11.8. The average Bonchev–Trinajstić information content (AvgIpc) is 2.98. The lowest BCUT2D eigenvalue weighted by molar-refractivity contribution is 0.0265. The van der Waals surface area contributed by atoms with Crippen molar-refractivity contribution >= 4 is 27.3 Å². The largest absolute Gasteiger partial charge is 0.404 e. The molecule has 0 spiro atoms.